The standard InChI is InChI=1S/C7H6O2.C2H3O2/c8-7(9)6-4-2-1-3-5-6;1-2(3)4/h1-5H,(H,8,9);1H3. The van der Waals surface area contributed by atoms with Gasteiger partial charge in [0.25, 0.3) is 0 Å². The van der Waals surface area contributed by atoms with Gasteiger partial charge in [0.15, 0.2) is 0 Å². The third-order valence-electron chi connectivity index (χ3n) is 1.02. The van der Waals surface area contributed by atoms with Crippen LogP contribution in [-0.2, 0) is 9.90 Å². The van der Waals surface area contributed by atoms with E-state index in [2.05, 4.69) is 0 Å². The van der Waals surface area contributed by atoms with Gasteiger partial charge < -0.3 is 5.11 Å². The third-order valence-corrected chi connectivity index (χ3v) is 1.02. The summed E-state index contributed by atoms with van der Waals surface area (Å²) in [6.45, 7) is 0.972. The molecule has 0 amide bonds. The summed E-state index contributed by atoms with van der Waals surface area (Å²) in [4.78, 5) is 19.1. The predicted molar refractivity (Wildman–Crippen MR) is 44.8 cm³/mol. The van der Waals surface area contributed by atoms with E-state index in [9.17, 15) is 4.79 Å². The van der Waals surface area contributed by atoms with Crippen molar-refractivity contribution in [3.8, 4) is 0 Å². The molecule has 0 aliphatic carbocycles. The van der Waals surface area contributed by atoms with E-state index >= 15 is 0 Å². The fraction of sp³-hybridized carbons (Fsp3) is 0.111. The van der Waals surface area contributed by atoms with Crippen LogP contribution in [0, 0.1) is 0 Å². The quantitative estimate of drug-likeness (QED) is 0.710. The van der Waals surface area contributed by atoms with Gasteiger partial charge in [0.2, 0.25) is 0 Å². The van der Waals surface area contributed by atoms with Gasteiger partial charge in [-0.15, -0.1) is 0 Å². The minimum atomic E-state index is -1.08. The Labute approximate surface area is 75.4 Å². The summed E-state index contributed by atoms with van der Waals surface area (Å²) in [6.07, 6.45) is 0. The summed E-state index contributed by atoms with van der Waals surface area (Å²) in [7, 11) is 0. The molecule has 0 aliphatic heterocycles. The lowest BCUT2D eigenvalue weighted by atomic mass is 10.2. The molecule has 69 valence electrons. The van der Waals surface area contributed by atoms with Crippen LogP contribution < -0.4 is 0 Å². The molecule has 4 nitrogen and oxygen atoms in total. The number of aromatic carboxylic acids is 1. The number of rotatable bonds is 1. The number of benzene rings is 1. The largest absolute Gasteiger partial charge is 0.478 e. The Morgan fingerprint density at radius 3 is 1.77 bits per heavy atom. The summed E-state index contributed by atoms with van der Waals surface area (Å²) in [6, 6.07) is 8.30. The lowest BCUT2D eigenvalue weighted by molar-refractivity contribution is -0.140. The van der Waals surface area contributed by atoms with Crippen molar-refractivity contribution in [2.24, 2.45) is 0 Å². The summed E-state index contributed by atoms with van der Waals surface area (Å²) < 4.78 is 0. The van der Waals surface area contributed by atoms with E-state index in [1.807, 2.05) is 0 Å². The van der Waals surface area contributed by atoms with Gasteiger partial charge in [0.1, 0.15) is 0 Å². The second-order valence-corrected chi connectivity index (χ2v) is 2.16. The molecule has 0 saturated heterocycles. The first-order valence-corrected chi connectivity index (χ1v) is 3.50. The van der Waals surface area contributed by atoms with E-state index in [1.54, 1.807) is 30.3 Å². The van der Waals surface area contributed by atoms with Crippen LogP contribution in [0.1, 0.15) is 17.3 Å². The minimum Gasteiger partial charge on any atom is -0.478 e. The van der Waals surface area contributed by atoms with Gasteiger partial charge in [0, 0.05) is 6.92 Å². The van der Waals surface area contributed by atoms with E-state index < -0.39 is 11.9 Å². The van der Waals surface area contributed by atoms with Crippen molar-refractivity contribution in [3.63, 3.8) is 0 Å². The first-order chi connectivity index (χ1) is 6.04. The molecule has 1 rings (SSSR count). The molecule has 13 heavy (non-hydrogen) atoms. The zero-order valence-electron chi connectivity index (χ0n) is 7.06. The van der Waals surface area contributed by atoms with Crippen LogP contribution in [-0.4, -0.2) is 17.0 Å². The fourth-order valence-corrected chi connectivity index (χ4v) is 0.581. The molecule has 0 spiro atoms. The van der Waals surface area contributed by atoms with Crippen molar-refractivity contribution in [3.05, 3.63) is 35.9 Å². The second-order valence-electron chi connectivity index (χ2n) is 2.16. The Morgan fingerprint density at radius 2 is 1.54 bits per heavy atom. The lowest BCUT2D eigenvalue weighted by Gasteiger charge is -1.88. The Balaban J connectivity index is 0.000000310. The maximum atomic E-state index is 10.2. The van der Waals surface area contributed by atoms with Crippen LogP contribution >= 0.6 is 0 Å². The zero-order chi connectivity index (χ0) is 10.3. The van der Waals surface area contributed by atoms with Gasteiger partial charge in [-0.05, 0) is 12.1 Å². The van der Waals surface area contributed by atoms with Crippen LogP contribution in [0.4, 0.5) is 0 Å². The summed E-state index contributed by atoms with van der Waals surface area (Å²) in [5.41, 5.74) is 0.331. The molecule has 1 radical (unpaired) electrons. The molecule has 4 heteroatoms. The topological polar surface area (TPSA) is 74.3 Å². The molecular formula is C9H9O4. The molecular weight excluding hydrogens is 172 g/mol. The van der Waals surface area contributed by atoms with Crippen molar-refractivity contribution < 1.29 is 19.8 Å². The second kappa shape index (κ2) is 5.77. The number of hydrogen-bond donors (Lipinski definition) is 1. The first kappa shape index (κ1) is 11.2. The van der Waals surface area contributed by atoms with Gasteiger partial charge in [-0.1, -0.05) is 18.2 Å². The van der Waals surface area contributed by atoms with Crippen LogP contribution in [0.25, 0.3) is 0 Å². The molecule has 1 aromatic rings. The van der Waals surface area contributed by atoms with Crippen molar-refractivity contribution >= 4 is 11.9 Å². The van der Waals surface area contributed by atoms with Gasteiger partial charge in [-0.25, -0.2) is 14.7 Å². The molecule has 0 saturated carbocycles. The predicted octanol–water partition coefficient (Wildman–Crippen LogP) is 1.35. The average molecular weight is 181 g/mol. The Hall–Kier alpha value is -1.84. The van der Waals surface area contributed by atoms with Crippen molar-refractivity contribution in [1.82, 2.24) is 0 Å². The van der Waals surface area contributed by atoms with Crippen LogP contribution in [0.2, 0.25) is 0 Å². The highest BCUT2D eigenvalue weighted by molar-refractivity contribution is 5.87. The fourth-order valence-electron chi connectivity index (χ4n) is 0.581. The summed E-state index contributed by atoms with van der Waals surface area (Å²) >= 11 is 0. The van der Waals surface area contributed by atoms with Gasteiger partial charge in [0.05, 0.1) is 5.56 Å². The zero-order valence-corrected chi connectivity index (χ0v) is 7.06. The molecule has 0 aliphatic rings. The highest BCUT2D eigenvalue weighted by Gasteiger charge is 1.96. The molecule has 0 aromatic heterocycles. The summed E-state index contributed by atoms with van der Waals surface area (Å²) in [5.74, 6) is -1.96. The highest BCUT2D eigenvalue weighted by Crippen LogP contribution is 1.96. The molecule has 0 unspecified atom stereocenters. The van der Waals surface area contributed by atoms with Crippen LogP contribution in [0.15, 0.2) is 30.3 Å². The van der Waals surface area contributed by atoms with Crippen LogP contribution in [0.3, 0.4) is 0 Å². The van der Waals surface area contributed by atoms with Gasteiger partial charge in [-0.2, -0.15) is 0 Å². The average Bonchev–Trinajstić information content (AvgIpc) is 2.05. The van der Waals surface area contributed by atoms with E-state index in [0.717, 1.165) is 6.92 Å². The highest BCUT2D eigenvalue weighted by atomic mass is 16.4. The van der Waals surface area contributed by atoms with Crippen molar-refractivity contribution in [1.29, 1.82) is 0 Å². The minimum absolute atomic E-state index is 0.331. The van der Waals surface area contributed by atoms with E-state index in [0.29, 0.717) is 5.56 Å². The molecule has 0 atom stereocenters. The SMILES string of the molecule is CC([O])=O.O=C(O)c1ccccc1. The monoisotopic (exact) mass is 181 g/mol. The van der Waals surface area contributed by atoms with Gasteiger partial charge >= 0.3 is 11.9 Å². The van der Waals surface area contributed by atoms with Crippen LogP contribution in [0.5, 0.6) is 0 Å². The molecule has 1 N–H and O–H groups in total. The van der Waals surface area contributed by atoms with E-state index in [-0.39, 0.29) is 0 Å². The van der Waals surface area contributed by atoms with Gasteiger partial charge in [-0.3, -0.25) is 0 Å². The first-order valence-electron chi connectivity index (χ1n) is 3.50. The maximum Gasteiger partial charge on any atom is 0.352 e. The maximum absolute atomic E-state index is 10.2. The smallest absolute Gasteiger partial charge is 0.352 e. The van der Waals surface area contributed by atoms with E-state index in [1.165, 1.54) is 0 Å². The number of carboxylic acid groups (broad SMARTS) is 1. The molecule has 0 heterocycles. The normalized spacial score (nSPS) is 8.08. The lowest BCUT2D eigenvalue weighted by Crippen LogP contribution is -1.93. The molecule has 1 aromatic carbocycles. The van der Waals surface area contributed by atoms with Crippen molar-refractivity contribution in [2.45, 2.75) is 6.92 Å². The molecule has 0 fully saturated rings. The number of carboxylic acids is 1. The Kier molecular flexibility index (Phi) is 4.95. The Morgan fingerprint density at radius 1 is 1.15 bits per heavy atom. The van der Waals surface area contributed by atoms with Crippen molar-refractivity contribution in [2.75, 3.05) is 0 Å². The summed E-state index contributed by atoms with van der Waals surface area (Å²) in [5, 5.41) is 17.3. The number of hydrogen-bond acceptors (Lipinski definition) is 2. The number of carbonyl (C=O) groups excluding carboxylic acids is 1. The molecule has 0 bridgehead atoms. The number of carbonyl (C=O) groups is 2. The Bertz CT molecular complexity index is 275. The van der Waals surface area contributed by atoms with E-state index in [4.69, 9.17) is 15.0 Å². The third kappa shape index (κ3) is 6.55.